The van der Waals surface area contributed by atoms with Crippen molar-refractivity contribution in [3.05, 3.63) is 75.1 Å². The average molecular weight is 483 g/mol. The molecule has 0 atom stereocenters. The van der Waals surface area contributed by atoms with Crippen molar-refractivity contribution in [2.75, 3.05) is 19.5 Å². The Labute approximate surface area is 199 Å². The molecule has 0 saturated carbocycles. The minimum Gasteiger partial charge on any atom is -0.497 e. The van der Waals surface area contributed by atoms with Gasteiger partial charge in [0, 0.05) is 10.6 Å². The fourth-order valence-corrected chi connectivity index (χ4v) is 6.22. The van der Waals surface area contributed by atoms with Gasteiger partial charge in [0.1, 0.15) is 22.1 Å². The molecule has 0 radical (unpaired) electrons. The van der Waals surface area contributed by atoms with Crippen LogP contribution in [0.3, 0.4) is 0 Å². The molecule has 0 aliphatic heterocycles. The summed E-state index contributed by atoms with van der Waals surface area (Å²) in [6, 6.07) is 13.7. The van der Waals surface area contributed by atoms with E-state index in [1.165, 1.54) is 27.3 Å². The maximum absolute atomic E-state index is 14.7. The number of ether oxygens (including phenoxy) is 2. The van der Waals surface area contributed by atoms with E-state index >= 15 is 0 Å². The lowest BCUT2D eigenvalue weighted by molar-refractivity contribution is 0.342. The summed E-state index contributed by atoms with van der Waals surface area (Å²) < 4.78 is 27.2. The van der Waals surface area contributed by atoms with Crippen LogP contribution >= 0.6 is 23.1 Å². The van der Waals surface area contributed by atoms with Crippen LogP contribution in [-0.2, 0) is 12.8 Å². The van der Waals surface area contributed by atoms with Crippen LogP contribution in [0.25, 0.3) is 15.9 Å². The molecule has 1 aliphatic rings. The van der Waals surface area contributed by atoms with Crippen LogP contribution in [-0.4, -0.2) is 29.0 Å². The Hall–Kier alpha value is -2.84. The van der Waals surface area contributed by atoms with Gasteiger partial charge in [-0.05, 0) is 67.6 Å². The standard InChI is InChI=1S/C25H23FN2O3S2/c1-30-16-10-12-17(13-11-16)31-14-15-32-25-27-23-22(18-6-2-5-9-21(18)33-23)24(29)28(25)20-8-4-3-7-19(20)26/h3-4,7-8,10-13H,2,5-6,9,14-15H2,1H3. The number of rotatable bonds is 7. The zero-order valence-corrected chi connectivity index (χ0v) is 19.8. The van der Waals surface area contributed by atoms with E-state index in [0.29, 0.717) is 22.9 Å². The lowest BCUT2D eigenvalue weighted by atomic mass is 9.97. The molecule has 5 rings (SSSR count). The predicted octanol–water partition coefficient (Wildman–Crippen LogP) is 5.64. The van der Waals surface area contributed by atoms with Crippen LogP contribution in [0.2, 0.25) is 0 Å². The van der Waals surface area contributed by atoms with Crippen LogP contribution in [0.4, 0.5) is 4.39 Å². The Morgan fingerprint density at radius 3 is 2.64 bits per heavy atom. The van der Waals surface area contributed by atoms with E-state index in [2.05, 4.69) is 0 Å². The molecule has 2 aromatic carbocycles. The Kier molecular flexibility index (Phi) is 6.37. The zero-order valence-electron chi connectivity index (χ0n) is 18.2. The number of thiophene rings is 1. The molecule has 170 valence electrons. The van der Waals surface area contributed by atoms with Gasteiger partial charge in [0.05, 0.1) is 24.8 Å². The first kappa shape index (κ1) is 22.0. The molecule has 0 N–H and O–H groups in total. The number of hydrogen-bond acceptors (Lipinski definition) is 6. The van der Waals surface area contributed by atoms with Gasteiger partial charge in [-0.2, -0.15) is 0 Å². The number of benzene rings is 2. The molecule has 0 fully saturated rings. The minimum atomic E-state index is -0.443. The summed E-state index contributed by atoms with van der Waals surface area (Å²) in [5.74, 6) is 1.61. The number of halogens is 1. The number of aromatic nitrogens is 2. The van der Waals surface area contributed by atoms with Gasteiger partial charge in [0.25, 0.3) is 5.56 Å². The summed E-state index contributed by atoms with van der Waals surface area (Å²) >= 11 is 3.00. The Balaban J connectivity index is 1.47. The number of nitrogens with zero attached hydrogens (tertiary/aromatic N) is 2. The van der Waals surface area contributed by atoms with Gasteiger partial charge < -0.3 is 9.47 Å². The second-order valence-electron chi connectivity index (χ2n) is 7.75. The molecule has 0 bridgehead atoms. The first-order valence-corrected chi connectivity index (χ1v) is 12.7. The van der Waals surface area contributed by atoms with Crippen molar-refractivity contribution in [1.82, 2.24) is 9.55 Å². The lowest BCUT2D eigenvalue weighted by Crippen LogP contribution is -2.23. The molecule has 0 spiro atoms. The molecule has 4 aromatic rings. The third-order valence-electron chi connectivity index (χ3n) is 5.69. The van der Waals surface area contributed by atoms with Crippen molar-refractivity contribution in [3.8, 4) is 17.2 Å². The van der Waals surface area contributed by atoms with Crippen molar-refractivity contribution in [3.63, 3.8) is 0 Å². The summed E-state index contributed by atoms with van der Waals surface area (Å²) in [4.78, 5) is 20.5. The molecule has 0 amide bonds. The molecule has 1 aliphatic carbocycles. The molecule has 5 nitrogen and oxygen atoms in total. The predicted molar refractivity (Wildman–Crippen MR) is 131 cm³/mol. The second-order valence-corrected chi connectivity index (χ2v) is 9.90. The van der Waals surface area contributed by atoms with Crippen molar-refractivity contribution < 1.29 is 13.9 Å². The van der Waals surface area contributed by atoms with E-state index in [0.717, 1.165) is 47.6 Å². The van der Waals surface area contributed by atoms with Gasteiger partial charge in [-0.3, -0.25) is 9.36 Å². The Bertz CT molecular complexity index is 1350. The van der Waals surface area contributed by atoms with Crippen LogP contribution in [0.1, 0.15) is 23.3 Å². The first-order valence-electron chi connectivity index (χ1n) is 10.9. The maximum Gasteiger partial charge on any atom is 0.267 e. The number of hydrogen-bond donors (Lipinski definition) is 0. The van der Waals surface area contributed by atoms with E-state index in [4.69, 9.17) is 14.5 Å². The van der Waals surface area contributed by atoms with E-state index in [1.54, 1.807) is 36.6 Å². The highest BCUT2D eigenvalue weighted by atomic mass is 32.2. The number of para-hydroxylation sites is 1. The third-order valence-corrected chi connectivity index (χ3v) is 7.78. The van der Waals surface area contributed by atoms with Gasteiger partial charge >= 0.3 is 0 Å². The second kappa shape index (κ2) is 9.57. The monoisotopic (exact) mass is 482 g/mol. The number of methoxy groups -OCH3 is 1. The van der Waals surface area contributed by atoms with Gasteiger partial charge in [0.2, 0.25) is 0 Å². The van der Waals surface area contributed by atoms with E-state index in [9.17, 15) is 9.18 Å². The zero-order chi connectivity index (χ0) is 22.8. The molecular formula is C25H23FN2O3S2. The van der Waals surface area contributed by atoms with Crippen LogP contribution < -0.4 is 15.0 Å². The van der Waals surface area contributed by atoms with Crippen molar-refractivity contribution >= 4 is 33.3 Å². The topological polar surface area (TPSA) is 53.4 Å². The summed E-state index contributed by atoms with van der Waals surface area (Å²) in [7, 11) is 1.62. The third kappa shape index (κ3) is 4.37. The quantitative estimate of drug-likeness (QED) is 0.194. The highest BCUT2D eigenvalue weighted by molar-refractivity contribution is 7.99. The van der Waals surface area contributed by atoms with Crippen LogP contribution in [0.15, 0.2) is 58.5 Å². The number of aryl methyl sites for hydroxylation is 2. The van der Waals surface area contributed by atoms with Gasteiger partial charge in [-0.1, -0.05) is 23.9 Å². The SMILES string of the molecule is COc1ccc(OCCSc2nc3sc4c(c3c(=O)n2-c2ccccc2F)CCCC4)cc1. The van der Waals surface area contributed by atoms with Gasteiger partial charge in [-0.25, -0.2) is 9.37 Å². The maximum atomic E-state index is 14.7. The van der Waals surface area contributed by atoms with E-state index in [-0.39, 0.29) is 11.2 Å². The van der Waals surface area contributed by atoms with E-state index < -0.39 is 5.82 Å². The molecule has 2 aromatic heterocycles. The van der Waals surface area contributed by atoms with Crippen molar-refractivity contribution in [2.24, 2.45) is 0 Å². The molecule has 0 unspecified atom stereocenters. The number of fused-ring (bicyclic) bond motifs is 3. The Morgan fingerprint density at radius 2 is 1.85 bits per heavy atom. The normalized spacial score (nSPS) is 13.2. The summed E-state index contributed by atoms with van der Waals surface area (Å²) in [6.07, 6.45) is 4.06. The minimum absolute atomic E-state index is 0.192. The molecule has 2 heterocycles. The molecular weight excluding hydrogens is 459 g/mol. The van der Waals surface area contributed by atoms with Gasteiger partial charge in [0.15, 0.2) is 5.16 Å². The lowest BCUT2D eigenvalue weighted by Gasteiger charge is -2.14. The van der Waals surface area contributed by atoms with Crippen LogP contribution in [0, 0.1) is 5.82 Å². The first-order chi connectivity index (χ1) is 16.2. The van der Waals surface area contributed by atoms with E-state index in [1.807, 2.05) is 24.3 Å². The summed E-state index contributed by atoms with van der Waals surface area (Å²) in [6.45, 7) is 0.420. The fourth-order valence-electron chi connectivity index (χ4n) is 4.09. The molecule has 33 heavy (non-hydrogen) atoms. The Morgan fingerprint density at radius 1 is 1.09 bits per heavy atom. The largest absolute Gasteiger partial charge is 0.497 e. The summed E-state index contributed by atoms with van der Waals surface area (Å²) in [5, 5.41) is 1.13. The highest BCUT2D eigenvalue weighted by Crippen LogP contribution is 2.35. The fraction of sp³-hybridized carbons (Fsp3) is 0.280. The van der Waals surface area contributed by atoms with Crippen LogP contribution in [0.5, 0.6) is 11.5 Å². The smallest absolute Gasteiger partial charge is 0.267 e. The van der Waals surface area contributed by atoms with Crippen molar-refractivity contribution in [1.29, 1.82) is 0 Å². The molecule has 8 heteroatoms. The highest BCUT2D eigenvalue weighted by Gasteiger charge is 2.23. The van der Waals surface area contributed by atoms with Crippen molar-refractivity contribution in [2.45, 2.75) is 30.8 Å². The molecule has 0 saturated heterocycles. The number of thioether (sulfide) groups is 1. The summed E-state index contributed by atoms with van der Waals surface area (Å²) in [5.41, 5.74) is 1.14. The average Bonchev–Trinajstić information content (AvgIpc) is 3.22. The van der Waals surface area contributed by atoms with Gasteiger partial charge in [-0.15, -0.1) is 11.3 Å².